The molecule has 0 spiro atoms. The van der Waals surface area contributed by atoms with Gasteiger partial charge in [0.2, 0.25) is 0 Å². The molecule has 0 aliphatic rings. The molecule has 3 nitrogen and oxygen atoms in total. The number of nitrogens with zero attached hydrogens (tertiary/aromatic N) is 1. The maximum absolute atomic E-state index is 10.7. The Morgan fingerprint density at radius 2 is 2.00 bits per heavy atom. The van der Waals surface area contributed by atoms with Crippen LogP contribution in [-0.2, 0) is 4.74 Å². The van der Waals surface area contributed by atoms with Crippen molar-refractivity contribution < 1.29 is 9.53 Å². The average molecular weight is 277 g/mol. The summed E-state index contributed by atoms with van der Waals surface area (Å²) in [6, 6.07) is 0. The van der Waals surface area contributed by atoms with Crippen LogP contribution in [0.15, 0.2) is 0 Å². The van der Waals surface area contributed by atoms with Crippen LogP contribution in [0.2, 0.25) is 0 Å². The molecule has 0 unspecified atom stereocenters. The predicted octanol–water partition coefficient (Wildman–Crippen LogP) is 2.73. The molecule has 0 aromatic rings. The van der Waals surface area contributed by atoms with Crippen molar-refractivity contribution in [1.29, 1.82) is 0 Å². The molecule has 0 N–H and O–H groups in total. The van der Waals surface area contributed by atoms with Gasteiger partial charge >= 0.3 is 6.09 Å². The van der Waals surface area contributed by atoms with Crippen molar-refractivity contribution in [1.82, 2.24) is 2.63 Å². The Hall–Kier alpha value is 0.290. The van der Waals surface area contributed by atoms with E-state index in [1.807, 2.05) is 0 Å². The van der Waals surface area contributed by atoms with E-state index in [-0.39, 0.29) is 0 Å². The molecule has 0 aliphatic heterocycles. The Morgan fingerprint density at radius 1 is 1.60 bits per heavy atom. The van der Waals surface area contributed by atoms with Crippen molar-refractivity contribution in [2.75, 3.05) is 0 Å². The number of carbonyl (C=O) groups is 1. The lowest BCUT2D eigenvalue weighted by atomic mass is 10.2. The van der Waals surface area contributed by atoms with Gasteiger partial charge in [-0.25, -0.2) is 4.79 Å². The molecular weight excluding hydrogens is 268 g/mol. The number of carbonyl (C=O) groups excluding carboxylic acids is 1. The van der Waals surface area contributed by atoms with Crippen LogP contribution < -0.4 is 0 Å². The maximum atomic E-state index is 10.7. The van der Waals surface area contributed by atoms with Gasteiger partial charge in [-0.15, -0.1) is 0 Å². The zero-order valence-electron chi connectivity index (χ0n) is 6.02. The lowest BCUT2D eigenvalue weighted by Gasteiger charge is -2.19. The molecule has 0 atom stereocenters. The molecule has 1 amide bonds. The summed E-state index contributed by atoms with van der Waals surface area (Å²) in [5.74, 6) is 0. The van der Waals surface area contributed by atoms with Crippen LogP contribution in [0.25, 0.3) is 0 Å². The molecule has 0 heterocycles. The van der Waals surface area contributed by atoms with Crippen LogP contribution in [0.5, 0.6) is 0 Å². The second kappa shape index (κ2) is 3.61. The SMILES string of the molecule is CC(C)(C)OC(=O)N(Cl)I. The third-order valence-electron chi connectivity index (χ3n) is 0.532. The molecule has 0 aromatic heterocycles. The Bertz CT molecular complexity index is 132. The summed E-state index contributed by atoms with van der Waals surface area (Å²) < 4.78 is 5.70. The van der Waals surface area contributed by atoms with Crippen LogP contribution in [0.3, 0.4) is 0 Å². The number of halogens is 2. The molecule has 60 valence electrons. The first-order valence-corrected chi connectivity index (χ1v) is 3.98. The van der Waals surface area contributed by atoms with E-state index in [0.29, 0.717) is 0 Å². The number of hydrogen-bond acceptors (Lipinski definition) is 2. The van der Waals surface area contributed by atoms with Crippen LogP contribution in [0.4, 0.5) is 4.79 Å². The minimum atomic E-state index is -0.547. The summed E-state index contributed by atoms with van der Waals surface area (Å²) in [7, 11) is 0. The number of ether oxygens (including phenoxy) is 1. The molecule has 0 fully saturated rings. The largest absolute Gasteiger partial charge is 0.442 e. The first-order valence-electron chi connectivity index (χ1n) is 2.67. The van der Waals surface area contributed by atoms with Crippen LogP contribution in [-0.4, -0.2) is 14.3 Å². The van der Waals surface area contributed by atoms with Gasteiger partial charge in [0.05, 0.1) is 22.9 Å². The quantitative estimate of drug-likeness (QED) is 0.503. The zero-order chi connectivity index (χ0) is 8.36. The topological polar surface area (TPSA) is 29.5 Å². The molecular formula is C5H9ClINO2. The van der Waals surface area contributed by atoms with Crippen molar-refractivity contribution in [3.8, 4) is 0 Å². The lowest BCUT2D eigenvalue weighted by Crippen LogP contribution is -2.26. The van der Waals surface area contributed by atoms with Gasteiger partial charge in [-0.3, -0.25) is 0 Å². The summed E-state index contributed by atoms with van der Waals surface area (Å²) in [4.78, 5) is 10.7. The van der Waals surface area contributed by atoms with Gasteiger partial charge in [0.1, 0.15) is 5.60 Å². The van der Waals surface area contributed by atoms with E-state index in [1.165, 1.54) is 0 Å². The van der Waals surface area contributed by atoms with Crippen molar-refractivity contribution in [2.24, 2.45) is 0 Å². The van der Waals surface area contributed by atoms with Crippen LogP contribution in [0, 0.1) is 0 Å². The summed E-state index contributed by atoms with van der Waals surface area (Å²) in [5.41, 5.74) is -0.477. The highest BCUT2D eigenvalue weighted by Crippen LogP contribution is 2.13. The van der Waals surface area contributed by atoms with Gasteiger partial charge in [0.25, 0.3) is 0 Å². The smallest absolute Gasteiger partial charge is 0.434 e. The molecule has 5 heteroatoms. The van der Waals surface area contributed by atoms with Gasteiger partial charge in [0.15, 0.2) is 0 Å². The Kier molecular flexibility index (Phi) is 3.72. The molecule has 0 aliphatic carbocycles. The normalized spacial score (nSPS) is 10.9. The summed E-state index contributed by atoms with van der Waals surface area (Å²) in [5, 5.41) is 0. The number of amides is 1. The first-order chi connectivity index (χ1) is 4.33. The minimum absolute atomic E-state index is 0.477. The predicted molar refractivity (Wildman–Crippen MR) is 47.9 cm³/mol. The van der Waals surface area contributed by atoms with E-state index in [9.17, 15) is 4.79 Å². The molecule has 0 radical (unpaired) electrons. The molecule has 0 rings (SSSR count). The fraction of sp³-hybridized carbons (Fsp3) is 0.800. The second-order valence-electron chi connectivity index (χ2n) is 2.71. The second-order valence-corrected chi connectivity index (χ2v) is 4.59. The van der Waals surface area contributed by atoms with Gasteiger partial charge in [-0.1, -0.05) is 0 Å². The number of hydrogen-bond donors (Lipinski definition) is 0. The van der Waals surface area contributed by atoms with Gasteiger partial charge in [-0.05, 0) is 20.8 Å². The van der Waals surface area contributed by atoms with Gasteiger partial charge < -0.3 is 4.74 Å². The molecule has 0 saturated heterocycles. The van der Waals surface area contributed by atoms with E-state index in [0.717, 1.165) is 2.63 Å². The van der Waals surface area contributed by atoms with Crippen molar-refractivity contribution in [3.05, 3.63) is 0 Å². The van der Waals surface area contributed by atoms with Crippen LogP contribution >= 0.6 is 34.6 Å². The van der Waals surface area contributed by atoms with Gasteiger partial charge in [0, 0.05) is 11.8 Å². The summed E-state index contributed by atoms with van der Waals surface area (Å²) in [6.07, 6.45) is -0.547. The van der Waals surface area contributed by atoms with Crippen molar-refractivity contribution in [2.45, 2.75) is 26.4 Å². The fourth-order valence-corrected chi connectivity index (χ4v) is 0.429. The summed E-state index contributed by atoms with van der Waals surface area (Å²) in [6.45, 7) is 5.34. The fourth-order valence-electron chi connectivity index (χ4n) is 0.296. The Balaban J connectivity index is 3.81. The highest BCUT2D eigenvalue weighted by molar-refractivity contribution is 14.1. The van der Waals surface area contributed by atoms with Crippen LogP contribution in [0.1, 0.15) is 20.8 Å². The van der Waals surface area contributed by atoms with Crippen molar-refractivity contribution >= 4 is 40.7 Å². The molecule has 10 heavy (non-hydrogen) atoms. The molecule has 0 aromatic carbocycles. The van der Waals surface area contributed by atoms with E-state index in [2.05, 4.69) is 0 Å². The number of rotatable bonds is 0. The summed E-state index contributed by atoms with van der Waals surface area (Å²) >= 11 is 6.91. The molecule has 0 saturated carbocycles. The third kappa shape index (κ3) is 5.10. The first kappa shape index (κ1) is 10.3. The average Bonchev–Trinajstić information content (AvgIpc) is 1.60. The highest BCUT2D eigenvalue weighted by atomic mass is 127. The third-order valence-corrected chi connectivity index (χ3v) is 1.06. The lowest BCUT2D eigenvalue weighted by molar-refractivity contribution is 0.0503. The van der Waals surface area contributed by atoms with E-state index < -0.39 is 11.7 Å². The van der Waals surface area contributed by atoms with E-state index in [4.69, 9.17) is 16.5 Å². The minimum Gasteiger partial charge on any atom is -0.442 e. The highest BCUT2D eigenvalue weighted by Gasteiger charge is 2.18. The van der Waals surface area contributed by atoms with Gasteiger partial charge in [-0.2, -0.15) is 2.63 Å². The van der Waals surface area contributed by atoms with E-state index >= 15 is 0 Å². The standard InChI is InChI=1S/C5H9ClINO2/c1-5(2,3)10-4(9)8(6)7/h1-3H3. The molecule has 0 bridgehead atoms. The van der Waals surface area contributed by atoms with Crippen molar-refractivity contribution in [3.63, 3.8) is 0 Å². The van der Waals surface area contributed by atoms with E-state index in [1.54, 1.807) is 43.6 Å². The monoisotopic (exact) mass is 277 g/mol. The Morgan fingerprint density at radius 3 is 2.10 bits per heavy atom. The maximum Gasteiger partial charge on any atom is 0.434 e. The Labute approximate surface area is 79.3 Å². The zero-order valence-corrected chi connectivity index (χ0v) is 8.93.